The predicted molar refractivity (Wildman–Crippen MR) is 37.6 cm³/mol. The van der Waals surface area contributed by atoms with Crippen LogP contribution in [0.3, 0.4) is 0 Å². The summed E-state index contributed by atoms with van der Waals surface area (Å²) in [5, 5.41) is 0. The van der Waals surface area contributed by atoms with Crippen LogP contribution in [0.4, 0.5) is 12.9 Å². The maximum atomic E-state index is 11.9. The Balaban J connectivity index is 2.37. The quantitative estimate of drug-likeness (QED) is 0.489. The highest BCUT2D eigenvalue weighted by molar-refractivity contribution is 6.61. The number of carbonyl (C=O) groups excluding carboxylic acids is 1. The number of rotatable bonds is 3. The molecule has 0 radical (unpaired) electrons. The molecule has 0 aromatic heterocycles. The van der Waals surface area contributed by atoms with Gasteiger partial charge in [0.15, 0.2) is 0 Å². The molecule has 12 heavy (non-hydrogen) atoms. The third-order valence-electron chi connectivity index (χ3n) is 1.91. The van der Waals surface area contributed by atoms with Crippen molar-refractivity contribution >= 4 is 12.9 Å². The summed E-state index contributed by atoms with van der Waals surface area (Å²) in [4.78, 5) is 10.8. The van der Waals surface area contributed by atoms with Gasteiger partial charge in [0.1, 0.15) is 0 Å². The molecule has 1 aliphatic rings. The van der Waals surface area contributed by atoms with Crippen molar-refractivity contribution in [1.82, 2.24) is 0 Å². The lowest BCUT2D eigenvalue weighted by Gasteiger charge is -2.11. The van der Waals surface area contributed by atoms with Gasteiger partial charge in [-0.1, -0.05) is 12.2 Å². The van der Waals surface area contributed by atoms with Gasteiger partial charge in [-0.2, -0.15) is 0 Å². The minimum atomic E-state index is -4.84. The molecule has 0 saturated heterocycles. The first-order chi connectivity index (χ1) is 5.46. The molecule has 2 nitrogen and oxygen atoms in total. The topological polar surface area (TPSA) is 26.3 Å². The van der Waals surface area contributed by atoms with Crippen molar-refractivity contribution < 1.29 is 22.5 Å². The monoisotopic (exact) mass is 181 g/mol. The second-order valence-electron chi connectivity index (χ2n) is 2.88. The van der Waals surface area contributed by atoms with Gasteiger partial charge in [0.25, 0.3) is 0 Å². The summed E-state index contributed by atoms with van der Waals surface area (Å²) < 4.78 is 40.3. The SMILES string of the molecule is CCOC(=O)C1CC1[B-](F)(F)F. The van der Waals surface area contributed by atoms with Crippen LogP contribution in [0.1, 0.15) is 13.3 Å². The van der Waals surface area contributed by atoms with E-state index in [2.05, 4.69) is 4.74 Å². The first-order valence-electron chi connectivity index (χ1n) is 3.83. The lowest BCUT2D eigenvalue weighted by Crippen LogP contribution is -2.18. The molecule has 0 aromatic rings. The summed E-state index contributed by atoms with van der Waals surface area (Å²) in [5.74, 6) is -3.02. The molecule has 0 spiro atoms. The largest absolute Gasteiger partial charge is 0.482 e. The molecule has 0 heterocycles. The summed E-state index contributed by atoms with van der Waals surface area (Å²) in [7, 11) is 0. The number of carbonyl (C=O) groups is 1. The highest BCUT2D eigenvalue weighted by atomic mass is 19.4. The van der Waals surface area contributed by atoms with E-state index < -0.39 is 24.7 Å². The van der Waals surface area contributed by atoms with E-state index in [4.69, 9.17) is 0 Å². The third kappa shape index (κ3) is 1.92. The summed E-state index contributed by atoms with van der Waals surface area (Å²) >= 11 is 0. The first-order valence-corrected chi connectivity index (χ1v) is 3.83. The molecule has 0 aliphatic heterocycles. The van der Waals surface area contributed by atoms with E-state index in [1.54, 1.807) is 6.92 Å². The Labute approximate surface area is 68.1 Å². The molecule has 0 bridgehead atoms. The van der Waals surface area contributed by atoms with Crippen molar-refractivity contribution in [2.24, 2.45) is 5.92 Å². The molecule has 2 unspecified atom stereocenters. The zero-order valence-electron chi connectivity index (χ0n) is 6.60. The maximum absolute atomic E-state index is 11.9. The van der Waals surface area contributed by atoms with Crippen molar-refractivity contribution in [3.8, 4) is 0 Å². The second kappa shape index (κ2) is 2.99. The van der Waals surface area contributed by atoms with Crippen molar-refractivity contribution in [1.29, 1.82) is 0 Å². The van der Waals surface area contributed by atoms with E-state index in [0.717, 1.165) is 0 Å². The van der Waals surface area contributed by atoms with E-state index in [-0.39, 0.29) is 13.0 Å². The van der Waals surface area contributed by atoms with Gasteiger partial charge < -0.3 is 17.7 Å². The van der Waals surface area contributed by atoms with Crippen molar-refractivity contribution in [2.45, 2.75) is 19.2 Å². The van der Waals surface area contributed by atoms with Crippen LogP contribution in [0.5, 0.6) is 0 Å². The van der Waals surface area contributed by atoms with Crippen LogP contribution >= 0.6 is 0 Å². The van der Waals surface area contributed by atoms with Gasteiger partial charge in [-0.05, 0) is 6.92 Å². The summed E-state index contributed by atoms with van der Waals surface area (Å²) in [6, 6.07) is 0. The van der Waals surface area contributed by atoms with Gasteiger partial charge in [-0.25, -0.2) is 0 Å². The molecule has 1 aliphatic carbocycles. The Hall–Kier alpha value is -0.675. The molecule has 1 saturated carbocycles. The lowest BCUT2D eigenvalue weighted by molar-refractivity contribution is -0.144. The highest BCUT2D eigenvalue weighted by Gasteiger charge is 2.54. The zero-order valence-corrected chi connectivity index (χ0v) is 6.60. The highest BCUT2D eigenvalue weighted by Crippen LogP contribution is 2.53. The average Bonchev–Trinajstić information content (AvgIpc) is 2.62. The molecule has 6 heteroatoms. The van der Waals surface area contributed by atoms with E-state index in [9.17, 15) is 17.7 Å². The van der Waals surface area contributed by atoms with E-state index in [1.807, 2.05) is 0 Å². The zero-order chi connectivity index (χ0) is 9.35. The molecule has 2 atom stereocenters. The van der Waals surface area contributed by atoms with Crippen LogP contribution in [0, 0.1) is 5.92 Å². The Kier molecular flexibility index (Phi) is 2.35. The molecular weight excluding hydrogens is 172 g/mol. The molecule has 0 amide bonds. The van der Waals surface area contributed by atoms with E-state index >= 15 is 0 Å². The first kappa shape index (κ1) is 9.41. The summed E-state index contributed by atoms with van der Waals surface area (Å²) in [6.07, 6.45) is -0.0810. The van der Waals surface area contributed by atoms with Gasteiger partial charge >= 0.3 is 12.9 Å². The van der Waals surface area contributed by atoms with Crippen LogP contribution in [-0.4, -0.2) is 19.6 Å². The Morgan fingerprint density at radius 2 is 2.17 bits per heavy atom. The maximum Gasteiger partial charge on any atom is 0.482 e. The third-order valence-corrected chi connectivity index (χ3v) is 1.91. The van der Waals surface area contributed by atoms with Crippen molar-refractivity contribution in [3.05, 3.63) is 0 Å². The van der Waals surface area contributed by atoms with Gasteiger partial charge in [0.05, 0.1) is 6.61 Å². The summed E-state index contributed by atoms with van der Waals surface area (Å²) in [5.41, 5.74) is 0. The Morgan fingerprint density at radius 1 is 1.58 bits per heavy atom. The fraction of sp³-hybridized carbons (Fsp3) is 0.833. The van der Waals surface area contributed by atoms with Gasteiger partial charge in [0, 0.05) is 5.92 Å². The predicted octanol–water partition coefficient (Wildman–Crippen LogP) is 1.79. The number of esters is 1. The minimum Gasteiger partial charge on any atom is -0.466 e. The van der Waals surface area contributed by atoms with Crippen LogP contribution < -0.4 is 0 Å². The Morgan fingerprint density at radius 3 is 2.50 bits per heavy atom. The Bertz CT molecular complexity index is 192. The standard InChI is InChI=1S/C6H9BF3O2/c1-2-12-6(11)4-3-5(4)7(8,9)10/h4-5H,2-3H2,1H3/q-1. The van der Waals surface area contributed by atoms with Crippen LogP contribution in [0.2, 0.25) is 5.82 Å². The van der Waals surface area contributed by atoms with Crippen LogP contribution in [0.25, 0.3) is 0 Å². The van der Waals surface area contributed by atoms with Gasteiger partial charge in [0.2, 0.25) is 0 Å². The molecule has 1 fully saturated rings. The minimum absolute atomic E-state index is 0.0810. The van der Waals surface area contributed by atoms with Crippen LogP contribution in [0.15, 0.2) is 0 Å². The normalized spacial score (nSPS) is 28.3. The fourth-order valence-electron chi connectivity index (χ4n) is 1.15. The summed E-state index contributed by atoms with van der Waals surface area (Å²) in [6.45, 7) is -3.12. The smallest absolute Gasteiger partial charge is 0.466 e. The molecule has 0 N–H and O–H groups in total. The molecule has 1 rings (SSSR count). The average molecular weight is 181 g/mol. The van der Waals surface area contributed by atoms with Crippen molar-refractivity contribution in [3.63, 3.8) is 0 Å². The number of ether oxygens (including phenoxy) is 1. The van der Waals surface area contributed by atoms with Gasteiger partial charge in [-0.3, -0.25) is 4.79 Å². The van der Waals surface area contributed by atoms with Crippen LogP contribution in [-0.2, 0) is 9.53 Å². The fourth-order valence-corrected chi connectivity index (χ4v) is 1.15. The second-order valence-corrected chi connectivity index (χ2v) is 2.88. The number of hydrogen-bond donors (Lipinski definition) is 0. The number of halogens is 3. The molecule has 0 aromatic carbocycles. The van der Waals surface area contributed by atoms with E-state index in [1.165, 1.54) is 0 Å². The van der Waals surface area contributed by atoms with Crippen molar-refractivity contribution in [2.75, 3.05) is 6.61 Å². The number of hydrogen-bond acceptors (Lipinski definition) is 2. The van der Waals surface area contributed by atoms with E-state index in [0.29, 0.717) is 0 Å². The van der Waals surface area contributed by atoms with Gasteiger partial charge in [-0.15, -0.1) is 0 Å². The molecular formula is C6H9BF3O2-. The molecule has 70 valence electrons. The lowest BCUT2D eigenvalue weighted by atomic mass is 9.82.